The monoisotopic (exact) mass is 347 g/mol. The molecule has 25 heavy (non-hydrogen) atoms. The van der Waals surface area contributed by atoms with Crippen LogP contribution in [-0.4, -0.2) is 17.1 Å². The normalized spacial score (nSPS) is 21.4. The first-order valence-electron chi connectivity index (χ1n) is 8.91. The van der Waals surface area contributed by atoms with Crippen LogP contribution in [0.2, 0.25) is 0 Å². The van der Waals surface area contributed by atoms with Gasteiger partial charge < -0.3 is 0 Å². The molecular weight excluding hydrogens is 323 g/mol. The lowest BCUT2D eigenvalue weighted by atomic mass is 9.84. The quantitative estimate of drug-likeness (QED) is 0.660. The molecule has 3 rings (SSSR count). The molecule has 1 fully saturated rings. The molecule has 0 heterocycles. The lowest BCUT2D eigenvalue weighted by molar-refractivity contribution is -0.184. The molecule has 1 aliphatic rings. The minimum atomic E-state index is -4.05. The van der Waals surface area contributed by atoms with Crippen molar-refractivity contribution in [1.82, 2.24) is 4.90 Å². The van der Waals surface area contributed by atoms with E-state index in [2.05, 4.69) is 29.2 Å². The van der Waals surface area contributed by atoms with Crippen molar-refractivity contribution in [2.75, 3.05) is 0 Å². The zero-order valence-electron chi connectivity index (χ0n) is 14.3. The molecule has 0 saturated heterocycles. The number of alkyl halides is 3. The molecule has 0 N–H and O–H groups in total. The van der Waals surface area contributed by atoms with Crippen molar-refractivity contribution in [1.29, 1.82) is 0 Å². The number of halogens is 3. The van der Waals surface area contributed by atoms with Crippen molar-refractivity contribution in [2.45, 2.75) is 51.0 Å². The van der Waals surface area contributed by atoms with Gasteiger partial charge in [0.1, 0.15) is 0 Å². The largest absolute Gasteiger partial charge is 0.391 e. The second kappa shape index (κ2) is 8.05. The van der Waals surface area contributed by atoms with E-state index in [1.54, 1.807) is 0 Å². The summed E-state index contributed by atoms with van der Waals surface area (Å²) in [5.41, 5.74) is 2.41. The molecule has 1 nitrogen and oxygen atoms in total. The molecule has 0 amide bonds. The summed E-state index contributed by atoms with van der Waals surface area (Å²) >= 11 is 0. The second-order valence-electron chi connectivity index (χ2n) is 6.92. The highest BCUT2D eigenvalue weighted by molar-refractivity contribution is 5.17. The molecule has 134 valence electrons. The number of rotatable bonds is 5. The summed E-state index contributed by atoms with van der Waals surface area (Å²) in [4.78, 5) is 2.34. The van der Waals surface area contributed by atoms with Gasteiger partial charge in [-0.2, -0.15) is 13.2 Å². The predicted molar refractivity (Wildman–Crippen MR) is 93.9 cm³/mol. The van der Waals surface area contributed by atoms with Gasteiger partial charge in [-0.1, -0.05) is 60.7 Å². The molecule has 2 aromatic rings. The second-order valence-corrected chi connectivity index (χ2v) is 6.92. The molecule has 0 bridgehead atoms. The van der Waals surface area contributed by atoms with Crippen molar-refractivity contribution in [3.63, 3.8) is 0 Å². The van der Waals surface area contributed by atoms with Crippen LogP contribution in [0.4, 0.5) is 13.2 Å². The summed E-state index contributed by atoms with van der Waals surface area (Å²) in [7, 11) is 0. The molecule has 0 unspecified atom stereocenters. The fraction of sp³-hybridized carbons (Fsp3) is 0.429. The van der Waals surface area contributed by atoms with Gasteiger partial charge in [0.2, 0.25) is 0 Å². The van der Waals surface area contributed by atoms with E-state index < -0.39 is 12.1 Å². The zero-order chi connectivity index (χ0) is 17.7. The van der Waals surface area contributed by atoms with Crippen LogP contribution in [0.15, 0.2) is 60.7 Å². The van der Waals surface area contributed by atoms with E-state index in [0.717, 1.165) is 13.1 Å². The summed E-state index contributed by atoms with van der Waals surface area (Å²) in [5.74, 6) is -1.13. The van der Waals surface area contributed by atoms with Gasteiger partial charge in [-0.05, 0) is 36.8 Å². The lowest BCUT2D eigenvalue weighted by Gasteiger charge is -2.37. The predicted octanol–water partition coefficient (Wildman–Crippen LogP) is 5.81. The van der Waals surface area contributed by atoms with Gasteiger partial charge in [-0.25, -0.2) is 0 Å². The molecule has 1 saturated carbocycles. The van der Waals surface area contributed by atoms with Crippen LogP contribution in [0.1, 0.15) is 36.8 Å². The van der Waals surface area contributed by atoms with Gasteiger partial charge in [-0.3, -0.25) is 4.90 Å². The number of hydrogen-bond donors (Lipinski definition) is 0. The maximum absolute atomic E-state index is 12.9. The smallest absolute Gasteiger partial charge is 0.292 e. The first kappa shape index (κ1) is 18.0. The van der Waals surface area contributed by atoms with Crippen LogP contribution in [0.3, 0.4) is 0 Å². The molecule has 2 aromatic carbocycles. The van der Waals surface area contributed by atoms with E-state index in [9.17, 15) is 13.2 Å². The molecule has 1 aliphatic carbocycles. The number of hydrogen-bond acceptors (Lipinski definition) is 1. The third-order valence-electron chi connectivity index (χ3n) is 5.13. The highest BCUT2D eigenvalue weighted by Crippen LogP contribution is 2.39. The van der Waals surface area contributed by atoms with Gasteiger partial charge in [0.25, 0.3) is 0 Å². The number of benzene rings is 2. The van der Waals surface area contributed by atoms with Crippen LogP contribution in [0.25, 0.3) is 0 Å². The Hall–Kier alpha value is -1.81. The summed E-state index contributed by atoms with van der Waals surface area (Å²) in [6, 6.07) is 20.6. The first-order valence-corrected chi connectivity index (χ1v) is 8.91. The van der Waals surface area contributed by atoms with Crippen LogP contribution >= 0.6 is 0 Å². The van der Waals surface area contributed by atoms with E-state index in [-0.39, 0.29) is 18.9 Å². The Kier molecular flexibility index (Phi) is 5.79. The third-order valence-corrected chi connectivity index (χ3v) is 5.13. The molecule has 0 radical (unpaired) electrons. The van der Waals surface area contributed by atoms with Crippen LogP contribution in [0, 0.1) is 5.92 Å². The van der Waals surface area contributed by atoms with Crippen LogP contribution < -0.4 is 0 Å². The maximum atomic E-state index is 12.9. The Labute approximate surface area is 147 Å². The Morgan fingerprint density at radius 1 is 0.720 bits per heavy atom. The summed E-state index contributed by atoms with van der Waals surface area (Å²) < 4.78 is 38.8. The van der Waals surface area contributed by atoms with Crippen molar-refractivity contribution >= 4 is 0 Å². The minimum absolute atomic E-state index is 0.207. The zero-order valence-corrected chi connectivity index (χ0v) is 14.3. The van der Waals surface area contributed by atoms with Crippen LogP contribution in [0.5, 0.6) is 0 Å². The van der Waals surface area contributed by atoms with Gasteiger partial charge in [0.15, 0.2) is 0 Å². The van der Waals surface area contributed by atoms with Gasteiger partial charge >= 0.3 is 6.18 Å². The highest BCUT2D eigenvalue weighted by Gasteiger charge is 2.42. The van der Waals surface area contributed by atoms with Gasteiger partial charge in [0.05, 0.1) is 5.92 Å². The van der Waals surface area contributed by atoms with Gasteiger partial charge in [-0.15, -0.1) is 0 Å². The molecule has 0 aromatic heterocycles. The van der Waals surface area contributed by atoms with E-state index in [0.29, 0.717) is 12.8 Å². The van der Waals surface area contributed by atoms with Crippen LogP contribution in [-0.2, 0) is 13.1 Å². The summed E-state index contributed by atoms with van der Waals surface area (Å²) in [6.07, 6.45) is -2.33. The average molecular weight is 347 g/mol. The molecule has 4 heteroatoms. The van der Waals surface area contributed by atoms with E-state index in [1.807, 2.05) is 36.4 Å². The number of nitrogens with zero attached hydrogens (tertiary/aromatic N) is 1. The Bertz CT molecular complexity index is 590. The summed E-state index contributed by atoms with van der Waals surface area (Å²) in [6.45, 7) is 1.55. The molecule has 0 spiro atoms. The standard InChI is InChI=1S/C21H24F3N/c22-21(23,24)19-11-13-20(14-12-19)25(15-17-7-3-1-4-8-17)16-18-9-5-2-6-10-18/h1-10,19-20H,11-16H2. The Morgan fingerprint density at radius 3 is 1.56 bits per heavy atom. The van der Waals surface area contributed by atoms with Crippen molar-refractivity contribution in [3.8, 4) is 0 Å². The minimum Gasteiger partial charge on any atom is -0.292 e. The van der Waals surface area contributed by atoms with Gasteiger partial charge in [0, 0.05) is 19.1 Å². The van der Waals surface area contributed by atoms with E-state index in [4.69, 9.17) is 0 Å². The Morgan fingerprint density at radius 2 is 1.16 bits per heavy atom. The molecule has 0 aliphatic heterocycles. The van der Waals surface area contributed by atoms with Crippen molar-refractivity contribution in [2.24, 2.45) is 5.92 Å². The topological polar surface area (TPSA) is 3.24 Å². The van der Waals surface area contributed by atoms with Crippen molar-refractivity contribution < 1.29 is 13.2 Å². The fourth-order valence-corrected chi connectivity index (χ4v) is 3.72. The Balaban J connectivity index is 1.70. The third kappa shape index (κ3) is 5.08. The summed E-state index contributed by atoms with van der Waals surface area (Å²) in [5, 5.41) is 0. The SMILES string of the molecule is FC(F)(F)C1CCC(N(Cc2ccccc2)Cc2ccccc2)CC1. The average Bonchev–Trinajstić information content (AvgIpc) is 2.62. The highest BCUT2D eigenvalue weighted by atomic mass is 19.4. The molecule has 0 atom stereocenters. The molecular formula is C21H24F3N. The maximum Gasteiger partial charge on any atom is 0.391 e. The fourth-order valence-electron chi connectivity index (χ4n) is 3.72. The van der Waals surface area contributed by atoms with E-state index in [1.165, 1.54) is 11.1 Å². The van der Waals surface area contributed by atoms with Crippen molar-refractivity contribution in [3.05, 3.63) is 71.8 Å². The lowest BCUT2D eigenvalue weighted by Crippen LogP contribution is -2.39. The first-order chi connectivity index (χ1) is 12.0. The van der Waals surface area contributed by atoms with E-state index >= 15 is 0 Å².